The lowest BCUT2D eigenvalue weighted by atomic mass is 9.94. The average molecular weight is 536 g/mol. The van der Waals surface area contributed by atoms with Crippen LogP contribution in [0.25, 0.3) is 11.0 Å². The molecule has 2 N–H and O–H groups in total. The molecule has 206 valence electrons. The van der Waals surface area contributed by atoms with Crippen molar-refractivity contribution in [1.82, 2.24) is 19.2 Å². The van der Waals surface area contributed by atoms with Crippen LogP contribution >= 0.6 is 0 Å². The van der Waals surface area contributed by atoms with Crippen molar-refractivity contribution in [3.8, 4) is 0 Å². The van der Waals surface area contributed by atoms with E-state index in [0.717, 1.165) is 49.5 Å². The van der Waals surface area contributed by atoms with Gasteiger partial charge >= 0.3 is 10.2 Å². The van der Waals surface area contributed by atoms with E-state index in [1.54, 1.807) is 7.05 Å². The number of carbonyl (C=O) groups is 1. The van der Waals surface area contributed by atoms with Crippen LogP contribution in [0.2, 0.25) is 0 Å². The molecule has 2 aliphatic heterocycles. The lowest BCUT2D eigenvalue weighted by Crippen LogP contribution is -2.48. The summed E-state index contributed by atoms with van der Waals surface area (Å²) in [6, 6.07) is 5.69. The number of fused-ring (bicyclic) bond motifs is 1. The minimum Gasteiger partial charge on any atom is -0.395 e. The molecule has 2 aliphatic rings. The largest absolute Gasteiger partial charge is 0.395 e. The fraction of sp³-hybridized carbons (Fsp3) is 0.692. The maximum Gasteiger partial charge on any atom is 0.303 e. The van der Waals surface area contributed by atoms with E-state index in [4.69, 9.17) is 14.8 Å². The molecular formula is C26H41N5O5S. The van der Waals surface area contributed by atoms with E-state index in [1.165, 1.54) is 8.61 Å². The summed E-state index contributed by atoms with van der Waals surface area (Å²) < 4.78 is 37.5. The summed E-state index contributed by atoms with van der Waals surface area (Å²) in [5.74, 6) is 1.16. The van der Waals surface area contributed by atoms with Gasteiger partial charge in [-0.3, -0.25) is 9.10 Å². The van der Waals surface area contributed by atoms with Gasteiger partial charge in [-0.05, 0) is 49.8 Å². The van der Waals surface area contributed by atoms with Crippen molar-refractivity contribution in [2.24, 2.45) is 11.8 Å². The first-order valence-corrected chi connectivity index (χ1v) is 14.6. The van der Waals surface area contributed by atoms with Crippen LogP contribution in [0.1, 0.15) is 52.3 Å². The minimum absolute atomic E-state index is 0.112. The second-order valence-electron chi connectivity index (χ2n) is 11.2. The maximum atomic E-state index is 13.4. The van der Waals surface area contributed by atoms with Crippen LogP contribution in [0, 0.1) is 11.8 Å². The number of hydrogen-bond donors (Lipinski definition) is 2. The van der Waals surface area contributed by atoms with Gasteiger partial charge in [0.1, 0.15) is 5.82 Å². The zero-order valence-corrected chi connectivity index (χ0v) is 23.3. The van der Waals surface area contributed by atoms with Crippen LogP contribution in [0.4, 0.5) is 5.69 Å². The van der Waals surface area contributed by atoms with Crippen molar-refractivity contribution < 1.29 is 23.1 Å². The van der Waals surface area contributed by atoms with Crippen LogP contribution in [0.3, 0.4) is 0 Å². The van der Waals surface area contributed by atoms with Crippen LogP contribution in [-0.4, -0.2) is 79.8 Å². The van der Waals surface area contributed by atoms with E-state index in [2.05, 4.69) is 30.7 Å². The number of rotatable bonds is 8. The van der Waals surface area contributed by atoms with E-state index < -0.39 is 10.2 Å². The Morgan fingerprint density at radius 1 is 1.19 bits per heavy atom. The maximum absolute atomic E-state index is 13.4. The van der Waals surface area contributed by atoms with Gasteiger partial charge in [-0.1, -0.05) is 20.8 Å². The number of carbonyl (C=O) groups excluding carboxylic acids is 1. The standard InChI is InChI=1S/C26H41N5O5S/c1-26(2,3)25-28-22-17-21(5-6-23(22)31(25)18-19-9-15-36-16-10-19)29(4)37(34,35)30-12-7-20(8-13-30)24(33)27-11-14-32/h5-6,17,19-20,32H,7-16,18H2,1-4H3,(H,27,33). The number of aliphatic hydroxyl groups is 1. The number of imidazole rings is 1. The van der Waals surface area contributed by atoms with Gasteiger partial charge in [0, 0.05) is 57.8 Å². The number of amides is 1. The van der Waals surface area contributed by atoms with Crippen molar-refractivity contribution in [3.63, 3.8) is 0 Å². The highest BCUT2D eigenvalue weighted by Gasteiger charge is 2.34. The van der Waals surface area contributed by atoms with Crippen molar-refractivity contribution in [2.75, 3.05) is 50.8 Å². The first-order chi connectivity index (χ1) is 17.5. The number of piperidine rings is 1. The van der Waals surface area contributed by atoms with E-state index >= 15 is 0 Å². The van der Waals surface area contributed by atoms with Gasteiger partial charge in [0.25, 0.3) is 0 Å². The summed E-state index contributed by atoms with van der Waals surface area (Å²) in [6.07, 6.45) is 2.97. The van der Waals surface area contributed by atoms with Gasteiger partial charge < -0.3 is 19.7 Å². The molecule has 1 amide bonds. The second-order valence-corrected chi connectivity index (χ2v) is 13.1. The number of nitrogens with zero attached hydrogens (tertiary/aromatic N) is 4. The highest BCUT2D eigenvalue weighted by Crippen LogP contribution is 2.32. The molecule has 0 bridgehead atoms. The fourth-order valence-corrected chi connectivity index (χ4v) is 6.64. The monoisotopic (exact) mass is 535 g/mol. The van der Waals surface area contributed by atoms with Crippen LogP contribution in [-0.2, 0) is 31.7 Å². The van der Waals surface area contributed by atoms with Gasteiger partial charge in [0.05, 0.1) is 23.3 Å². The third kappa shape index (κ3) is 6.10. The lowest BCUT2D eigenvalue weighted by molar-refractivity contribution is -0.126. The summed E-state index contributed by atoms with van der Waals surface area (Å²) in [4.78, 5) is 17.2. The molecule has 10 nitrogen and oxygen atoms in total. The third-order valence-corrected chi connectivity index (χ3v) is 9.38. The summed E-state index contributed by atoms with van der Waals surface area (Å²) in [6.45, 7) is 9.57. The summed E-state index contributed by atoms with van der Waals surface area (Å²) in [7, 11) is -2.19. The Kier molecular flexibility index (Phi) is 8.47. The minimum atomic E-state index is -3.76. The fourth-order valence-electron chi connectivity index (χ4n) is 5.24. The lowest BCUT2D eigenvalue weighted by Gasteiger charge is -2.33. The molecule has 1 aromatic carbocycles. The molecule has 2 saturated heterocycles. The Morgan fingerprint density at radius 2 is 1.86 bits per heavy atom. The Balaban J connectivity index is 1.54. The molecule has 1 aromatic heterocycles. The zero-order chi connectivity index (χ0) is 26.8. The van der Waals surface area contributed by atoms with Crippen LogP contribution < -0.4 is 9.62 Å². The molecule has 0 unspecified atom stereocenters. The molecule has 11 heteroatoms. The SMILES string of the molecule is CN(c1ccc2c(c1)nc(C(C)(C)C)n2CC1CCOCC1)S(=O)(=O)N1CCC(C(=O)NCCO)CC1. The molecule has 0 atom stereocenters. The Hall–Kier alpha value is -2.21. The smallest absolute Gasteiger partial charge is 0.303 e. The van der Waals surface area contributed by atoms with E-state index in [-0.39, 0.29) is 43.5 Å². The second kappa shape index (κ2) is 11.3. The van der Waals surface area contributed by atoms with E-state index in [9.17, 15) is 13.2 Å². The molecule has 2 aromatic rings. The number of benzene rings is 1. The Labute approximate surface area is 220 Å². The molecule has 4 rings (SSSR count). The van der Waals surface area contributed by atoms with Gasteiger partial charge in [0.15, 0.2) is 0 Å². The van der Waals surface area contributed by atoms with Crippen LogP contribution in [0.5, 0.6) is 0 Å². The number of aliphatic hydroxyl groups excluding tert-OH is 1. The quantitative estimate of drug-likeness (QED) is 0.536. The molecule has 2 fully saturated rings. The summed E-state index contributed by atoms with van der Waals surface area (Å²) in [5, 5.41) is 11.6. The third-order valence-electron chi connectivity index (χ3n) is 7.46. The van der Waals surface area contributed by atoms with Crippen molar-refractivity contribution in [1.29, 1.82) is 0 Å². The molecular weight excluding hydrogens is 494 g/mol. The van der Waals surface area contributed by atoms with Gasteiger partial charge in [-0.15, -0.1) is 0 Å². The summed E-state index contributed by atoms with van der Waals surface area (Å²) in [5.41, 5.74) is 2.21. The zero-order valence-electron chi connectivity index (χ0n) is 22.4. The number of ether oxygens (including phenoxy) is 1. The molecule has 3 heterocycles. The molecule has 0 spiro atoms. The van der Waals surface area contributed by atoms with Gasteiger partial charge in [-0.2, -0.15) is 12.7 Å². The molecule has 0 aliphatic carbocycles. The molecule has 0 radical (unpaired) electrons. The van der Waals surface area contributed by atoms with Gasteiger partial charge in [0.2, 0.25) is 5.91 Å². The van der Waals surface area contributed by atoms with Gasteiger partial charge in [-0.25, -0.2) is 4.98 Å². The van der Waals surface area contributed by atoms with E-state index in [0.29, 0.717) is 24.4 Å². The Bertz CT molecular complexity index is 1190. The number of nitrogens with one attached hydrogen (secondary N) is 1. The predicted molar refractivity (Wildman–Crippen MR) is 144 cm³/mol. The van der Waals surface area contributed by atoms with Crippen molar-refractivity contribution >= 4 is 32.8 Å². The highest BCUT2D eigenvalue weighted by atomic mass is 32.2. The highest BCUT2D eigenvalue weighted by molar-refractivity contribution is 7.90. The normalized spacial score (nSPS) is 18.8. The first-order valence-electron chi connectivity index (χ1n) is 13.2. The summed E-state index contributed by atoms with van der Waals surface area (Å²) >= 11 is 0. The van der Waals surface area contributed by atoms with Crippen molar-refractivity contribution in [3.05, 3.63) is 24.0 Å². The number of aromatic nitrogens is 2. The number of anilines is 1. The first kappa shape index (κ1) is 27.8. The average Bonchev–Trinajstić information content (AvgIpc) is 3.25. The predicted octanol–water partition coefficient (Wildman–Crippen LogP) is 2.26. The number of hydrogen-bond acceptors (Lipinski definition) is 6. The van der Waals surface area contributed by atoms with Crippen molar-refractivity contribution in [2.45, 2.75) is 58.4 Å². The molecule has 37 heavy (non-hydrogen) atoms. The topological polar surface area (TPSA) is 117 Å². The van der Waals surface area contributed by atoms with Crippen LogP contribution in [0.15, 0.2) is 18.2 Å². The Morgan fingerprint density at radius 3 is 2.49 bits per heavy atom. The molecule has 0 saturated carbocycles. The van der Waals surface area contributed by atoms with E-state index in [1.807, 2.05) is 18.2 Å².